The molecule has 2 aliphatic rings. The molecule has 3 unspecified atom stereocenters. The van der Waals surface area contributed by atoms with Gasteiger partial charge in [0.1, 0.15) is 6.17 Å². The first-order valence-corrected chi connectivity index (χ1v) is 5.74. The van der Waals surface area contributed by atoms with Crippen LogP contribution in [0, 0.1) is 5.92 Å². The first kappa shape index (κ1) is 9.45. The standard InChI is InChI=1S/C11H20FN/c12-11-6-2-1-4-9(11)8-10-5-3-7-13-10/h9-11,13H,1-8H2. The third-order valence-corrected chi connectivity index (χ3v) is 3.57. The van der Waals surface area contributed by atoms with Gasteiger partial charge < -0.3 is 5.32 Å². The van der Waals surface area contributed by atoms with Crippen molar-refractivity contribution in [3.63, 3.8) is 0 Å². The zero-order chi connectivity index (χ0) is 9.10. The molecule has 1 nitrogen and oxygen atoms in total. The molecule has 1 N–H and O–H groups in total. The van der Waals surface area contributed by atoms with Gasteiger partial charge in [-0.2, -0.15) is 0 Å². The van der Waals surface area contributed by atoms with Gasteiger partial charge in [-0.3, -0.25) is 0 Å². The average molecular weight is 185 g/mol. The van der Waals surface area contributed by atoms with Crippen molar-refractivity contribution in [2.24, 2.45) is 5.92 Å². The molecule has 0 aromatic rings. The Morgan fingerprint density at radius 1 is 1.08 bits per heavy atom. The Kier molecular flexibility index (Phi) is 3.20. The summed E-state index contributed by atoms with van der Waals surface area (Å²) in [4.78, 5) is 0. The number of rotatable bonds is 2. The molecule has 1 heterocycles. The van der Waals surface area contributed by atoms with Crippen LogP contribution in [0.3, 0.4) is 0 Å². The molecule has 0 aromatic carbocycles. The maximum Gasteiger partial charge on any atom is 0.103 e. The fraction of sp³-hybridized carbons (Fsp3) is 1.00. The first-order valence-electron chi connectivity index (χ1n) is 5.74. The summed E-state index contributed by atoms with van der Waals surface area (Å²) in [7, 11) is 0. The van der Waals surface area contributed by atoms with Crippen molar-refractivity contribution in [3.05, 3.63) is 0 Å². The van der Waals surface area contributed by atoms with Gasteiger partial charge in [0.15, 0.2) is 0 Å². The summed E-state index contributed by atoms with van der Waals surface area (Å²) in [5.41, 5.74) is 0. The Morgan fingerprint density at radius 3 is 2.62 bits per heavy atom. The molecule has 3 atom stereocenters. The van der Waals surface area contributed by atoms with E-state index >= 15 is 0 Å². The molecule has 0 spiro atoms. The maximum atomic E-state index is 13.5. The largest absolute Gasteiger partial charge is 0.314 e. The highest BCUT2D eigenvalue weighted by Crippen LogP contribution is 2.31. The monoisotopic (exact) mass is 185 g/mol. The van der Waals surface area contributed by atoms with Gasteiger partial charge in [0.2, 0.25) is 0 Å². The summed E-state index contributed by atoms with van der Waals surface area (Å²) in [6.07, 6.45) is 7.43. The highest BCUT2D eigenvalue weighted by atomic mass is 19.1. The topological polar surface area (TPSA) is 12.0 Å². The zero-order valence-corrected chi connectivity index (χ0v) is 8.27. The molecule has 1 saturated carbocycles. The molecule has 2 rings (SSSR count). The molecular weight excluding hydrogens is 165 g/mol. The van der Waals surface area contributed by atoms with E-state index < -0.39 is 6.17 Å². The highest BCUT2D eigenvalue weighted by molar-refractivity contribution is 4.82. The minimum Gasteiger partial charge on any atom is -0.314 e. The summed E-state index contributed by atoms with van der Waals surface area (Å²) in [6.45, 7) is 1.15. The predicted octanol–water partition coefficient (Wildman–Crippen LogP) is 2.66. The van der Waals surface area contributed by atoms with Crippen LogP contribution in [-0.2, 0) is 0 Å². The number of hydrogen-bond acceptors (Lipinski definition) is 1. The number of hydrogen-bond donors (Lipinski definition) is 1. The van der Waals surface area contributed by atoms with Gasteiger partial charge in [-0.15, -0.1) is 0 Å². The first-order chi connectivity index (χ1) is 6.36. The Bertz CT molecular complexity index is 154. The molecule has 0 bridgehead atoms. The molecule has 76 valence electrons. The van der Waals surface area contributed by atoms with E-state index in [-0.39, 0.29) is 0 Å². The highest BCUT2D eigenvalue weighted by Gasteiger charge is 2.28. The summed E-state index contributed by atoms with van der Waals surface area (Å²) in [6, 6.07) is 0.626. The SMILES string of the molecule is FC1CCCCC1CC1CCCN1. The second-order valence-electron chi connectivity index (χ2n) is 4.59. The second-order valence-corrected chi connectivity index (χ2v) is 4.59. The fourth-order valence-corrected chi connectivity index (χ4v) is 2.75. The number of nitrogens with one attached hydrogen (secondary N) is 1. The van der Waals surface area contributed by atoms with E-state index in [1.165, 1.54) is 19.3 Å². The van der Waals surface area contributed by atoms with Crippen molar-refractivity contribution in [1.29, 1.82) is 0 Å². The molecule has 0 radical (unpaired) electrons. The van der Waals surface area contributed by atoms with Gasteiger partial charge in [0.05, 0.1) is 0 Å². The van der Waals surface area contributed by atoms with Crippen molar-refractivity contribution in [1.82, 2.24) is 5.32 Å². The van der Waals surface area contributed by atoms with Crippen LogP contribution < -0.4 is 5.32 Å². The quantitative estimate of drug-likeness (QED) is 0.697. The van der Waals surface area contributed by atoms with Crippen molar-refractivity contribution < 1.29 is 4.39 Å². The third-order valence-electron chi connectivity index (χ3n) is 3.57. The molecule has 1 saturated heterocycles. The van der Waals surface area contributed by atoms with E-state index in [0.717, 1.165) is 32.2 Å². The van der Waals surface area contributed by atoms with E-state index in [1.807, 2.05) is 0 Å². The number of alkyl halides is 1. The summed E-state index contributed by atoms with van der Waals surface area (Å²) >= 11 is 0. The molecule has 1 aliphatic heterocycles. The van der Waals surface area contributed by atoms with E-state index in [4.69, 9.17) is 0 Å². The Morgan fingerprint density at radius 2 is 1.92 bits per heavy atom. The summed E-state index contributed by atoms with van der Waals surface area (Å²) < 4.78 is 13.5. The lowest BCUT2D eigenvalue weighted by Crippen LogP contribution is -2.30. The van der Waals surface area contributed by atoms with Gasteiger partial charge in [0.25, 0.3) is 0 Å². The van der Waals surface area contributed by atoms with Gasteiger partial charge in [0, 0.05) is 6.04 Å². The normalized spacial score (nSPS) is 40.8. The molecule has 0 aromatic heterocycles. The van der Waals surface area contributed by atoms with Crippen LogP contribution in [0.2, 0.25) is 0 Å². The molecule has 13 heavy (non-hydrogen) atoms. The van der Waals surface area contributed by atoms with Crippen LogP contribution in [0.15, 0.2) is 0 Å². The fourth-order valence-electron chi connectivity index (χ4n) is 2.75. The third kappa shape index (κ3) is 2.43. The second kappa shape index (κ2) is 4.41. The van der Waals surface area contributed by atoms with Crippen LogP contribution in [0.1, 0.15) is 44.9 Å². The molecule has 0 amide bonds. The van der Waals surface area contributed by atoms with Crippen LogP contribution in [0.5, 0.6) is 0 Å². The smallest absolute Gasteiger partial charge is 0.103 e. The summed E-state index contributed by atoms with van der Waals surface area (Å²) in [5, 5.41) is 3.46. The van der Waals surface area contributed by atoms with Crippen LogP contribution in [0.25, 0.3) is 0 Å². The van der Waals surface area contributed by atoms with Crippen molar-refractivity contribution in [2.75, 3.05) is 6.54 Å². The molecule has 2 heteroatoms. The number of halogens is 1. The van der Waals surface area contributed by atoms with Gasteiger partial charge in [-0.05, 0) is 44.6 Å². The van der Waals surface area contributed by atoms with Gasteiger partial charge in [-0.25, -0.2) is 4.39 Å². The van der Waals surface area contributed by atoms with Crippen molar-refractivity contribution in [3.8, 4) is 0 Å². The molecule has 1 aliphatic carbocycles. The Hall–Kier alpha value is -0.110. The Balaban J connectivity index is 1.78. The lowest BCUT2D eigenvalue weighted by atomic mass is 9.83. The van der Waals surface area contributed by atoms with Crippen LogP contribution in [-0.4, -0.2) is 18.8 Å². The summed E-state index contributed by atoms with van der Waals surface area (Å²) in [5.74, 6) is 0.365. The minimum absolute atomic E-state index is 0.365. The lowest BCUT2D eigenvalue weighted by molar-refractivity contribution is 0.148. The van der Waals surface area contributed by atoms with E-state index in [0.29, 0.717) is 12.0 Å². The minimum atomic E-state index is -0.504. The predicted molar refractivity (Wildman–Crippen MR) is 52.5 cm³/mol. The lowest BCUT2D eigenvalue weighted by Gasteiger charge is -2.28. The molecular formula is C11H20FN. The van der Waals surface area contributed by atoms with Crippen molar-refractivity contribution in [2.45, 2.75) is 57.2 Å². The Labute approximate surface area is 80.1 Å². The van der Waals surface area contributed by atoms with Crippen molar-refractivity contribution >= 4 is 0 Å². The van der Waals surface area contributed by atoms with E-state index in [2.05, 4.69) is 5.32 Å². The van der Waals surface area contributed by atoms with Crippen LogP contribution in [0.4, 0.5) is 4.39 Å². The van der Waals surface area contributed by atoms with E-state index in [1.54, 1.807) is 0 Å². The average Bonchev–Trinajstić information content (AvgIpc) is 2.61. The van der Waals surface area contributed by atoms with Gasteiger partial charge in [-0.1, -0.05) is 12.8 Å². The zero-order valence-electron chi connectivity index (χ0n) is 8.27. The van der Waals surface area contributed by atoms with Gasteiger partial charge >= 0.3 is 0 Å². The van der Waals surface area contributed by atoms with E-state index in [9.17, 15) is 4.39 Å². The maximum absolute atomic E-state index is 13.5. The molecule has 2 fully saturated rings. The van der Waals surface area contributed by atoms with Crippen LogP contribution >= 0.6 is 0 Å².